The summed E-state index contributed by atoms with van der Waals surface area (Å²) in [5, 5.41) is 108. The summed E-state index contributed by atoms with van der Waals surface area (Å²) in [5.74, 6) is -0.928. The fourth-order valence-corrected chi connectivity index (χ4v) is 14.9. The van der Waals surface area contributed by atoms with Gasteiger partial charge in [-0.2, -0.15) is 0 Å². The van der Waals surface area contributed by atoms with Crippen LogP contribution in [0.1, 0.15) is 113 Å². The maximum Gasteiger partial charge on any atom is 0.335 e. The molecule has 4 saturated carbocycles. The second-order valence-corrected chi connectivity index (χ2v) is 23.4. The van der Waals surface area contributed by atoms with Gasteiger partial charge in [0, 0.05) is 17.3 Å². The number of allylic oxidation sites excluding steroid dienone is 2. The van der Waals surface area contributed by atoms with Crippen LogP contribution >= 0.6 is 0 Å². The molecule has 0 bridgehead atoms. The predicted molar refractivity (Wildman–Crippen MR) is 230 cm³/mol. The fourth-order valence-electron chi connectivity index (χ4n) is 14.9. The Hall–Kier alpha value is -1.72. The first-order valence-electron chi connectivity index (χ1n) is 24.1. The third kappa shape index (κ3) is 7.70. The summed E-state index contributed by atoms with van der Waals surface area (Å²) in [5.41, 5.74) is -0.509. The number of hydrogen-bond donors (Lipinski definition) is 10. The standard InChI is InChI=1S/C48H76O18/c1-21-29(52)31(54)35(58)40(61-21)65-37-32(55)30(53)24(19-49)62-41(37)66-38-34(57)33(56)36(39(59)60)64-42(38)63-28-12-13-45(5)25(46(28,6)20-50)11-14-48(8)26(45)10-9-22-23-17-43(2,3)18-27(51)44(23,4)15-16-47(22,48)7/h9,21,23-26,28-38,40-42,49-50,52-58H,10-20H2,1-8H3,(H,59,60)/t21-,23-,24+,25+,26+,28-,29-,30-,31+,32-,33-,34-,35+,36-,37+,38+,40-,41-,42-,44+,45-,46+,47+,48+/m0/s1. The lowest BCUT2D eigenvalue weighted by Gasteiger charge is -2.71. The van der Waals surface area contributed by atoms with E-state index in [-0.39, 0.29) is 51.4 Å². The van der Waals surface area contributed by atoms with Crippen LogP contribution in [-0.2, 0) is 38.0 Å². The van der Waals surface area contributed by atoms with Gasteiger partial charge in [-0.1, -0.05) is 60.1 Å². The molecule has 18 heteroatoms. The minimum atomic E-state index is -2.07. The Kier molecular flexibility index (Phi) is 13.5. The van der Waals surface area contributed by atoms with Gasteiger partial charge in [-0.05, 0) is 97.7 Å². The normalized spacial score (nSPS) is 54.8. The molecule has 0 aromatic carbocycles. The summed E-state index contributed by atoms with van der Waals surface area (Å²) in [4.78, 5) is 26.3. The molecule has 24 atom stereocenters. The fraction of sp³-hybridized carbons (Fsp3) is 0.917. The van der Waals surface area contributed by atoms with Crippen LogP contribution in [0.2, 0.25) is 0 Å². The van der Waals surface area contributed by atoms with Crippen molar-refractivity contribution in [3.8, 4) is 0 Å². The van der Waals surface area contributed by atoms with Gasteiger partial charge in [-0.25, -0.2) is 4.79 Å². The van der Waals surface area contributed by atoms with E-state index >= 15 is 0 Å². The highest BCUT2D eigenvalue weighted by atomic mass is 16.8. The van der Waals surface area contributed by atoms with Gasteiger partial charge in [-0.15, -0.1) is 0 Å². The van der Waals surface area contributed by atoms with E-state index in [1.54, 1.807) is 0 Å². The van der Waals surface area contributed by atoms with Gasteiger partial charge in [0.05, 0.1) is 25.4 Å². The number of ketones is 1. The lowest BCUT2D eigenvalue weighted by Crippen LogP contribution is -2.68. The van der Waals surface area contributed by atoms with Crippen LogP contribution in [0.4, 0.5) is 0 Å². The first-order valence-corrected chi connectivity index (χ1v) is 24.1. The van der Waals surface area contributed by atoms with E-state index < -0.39 is 116 Å². The molecule has 0 radical (unpaired) electrons. The molecule has 18 nitrogen and oxygen atoms in total. The van der Waals surface area contributed by atoms with Gasteiger partial charge in [-0.3, -0.25) is 4.79 Å². The van der Waals surface area contributed by atoms with Crippen LogP contribution in [0.5, 0.6) is 0 Å². The first-order chi connectivity index (χ1) is 30.7. The van der Waals surface area contributed by atoms with E-state index in [0.29, 0.717) is 25.0 Å². The summed E-state index contributed by atoms with van der Waals surface area (Å²) in [6.45, 7) is 16.0. The predicted octanol–water partition coefficient (Wildman–Crippen LogP) is 0.913. The number of carbonyl (C=O) groups excluding carboxylic acids is 1. The topological polar surface area (TPSA) is 292 Å². The molecule has 0 aromatic heterocycles. The maximum atomic E-state index is 13.8. The number of ether oxygens (including phenoxy) is 6. The molecule has 3 aliphatic heterocycles. The van der Waals surface area contributed by atoms with E-state index in [4.69, 9.17) is 28.4 Å². The summed E-state index contributed by atoms with van der Waals surface area (Å²) in [6, 6.07) is 0. The van der Waals surface area contributed by atoms with E-state index in [2.05, 4.69) is 47.6 Å². The van der Waals surface area contributed by atoms with Crippen molar-refractivity contribution in [2.24, 2.45) is 50.2 Å². The van der Waals surface area contributed by atoms with Gasteiger partial charge in [0.15, 0.2) is 25.0 Å². The zero-order valence-electron chi connectivity index (χ0n) is 39.6. The molecule has 5 aliphatic carbocycles. The van der Waals surface area contributed by atoms with Gasteiger partial charge in [0.25, 0.3) is 0 Å². The maximum absolute atomic E-state index is 13.8. The van der Waals surface area contributed by atoms with Gasteiger partial charge in [0.2, 0.25) is 0 Å². The van der Waals surface area contributed by atoms with Crippen molar-refractivity contribution in [3.05, 3.63) is 11.6 Å². The Morgan fingerprint density at radius 2 is 1.35 bits per heavy atom. The Bertz CT molecular complexity index is 1860. The van der Waals surface area contributed by atoms with Crippen LogP contribution in [0.3, 0.4) is 0 Å². The SMILES string of the molecule is C[C@@H]1O[C@@H](O[C@H]2[C@H](O[C@H]3[C@@H](O[C@H]4CC[C@@]5(C)[C@@H](CC[C@]6(C)[C@@H]5CC=C5[C@@H]7CC(C)(C)CC(=O)[C@]7(C)CC[C@]56C)[C@@]4(C)CO)O[C@H](C(=O)O)[C@@H](O)[C@@H]3O)O[C@H](CO)[C@H](O)[C@@H]2O)[C@H](O)[C@H](O)[C@H]1O. The third-order valence-electron chi connectivity index (χ3n) is 19.2. The van der Waals surface area contributed by atoms with Crippen molar-refractivity contribution >= 4 is 11.8 Å². The highest BCUT2D eigenvalue weighted by Crippen LogP contribution is 2.75. The number of fused-ring (bicyclic) bond motifs is 7. The van der Waals surface area contributed by atoms with Gasteiger partial charge >= 0.3 is 5.97 Å². The molecule has 7 fully saturated rings. The number of carbonyl (C=O) groups is 2. The Morgan fingerprint density at radius 1 is 0.712 bits per heavy atom. The average molecular weight is 941 g/mol. The van der Waals surface area contributed by atoms with Crippen molar-refractivity contribution in [2.45, 2.75) is 211 Å². The molecule has 0 unspecified atom stereocenters. The van der Waals surface area contributed by atoms with Crippen LogP contribution in [-0.4, -0.2) is 174 Å². The number of carboxylic acid groups (broad SMARTS) is 1. The number of rotatable bonds is 9. The molecule has 66 heavy (non-hydrogen) atoms. The lowest BCUT2D eigenvalue weighted by molar-refractivity contribution is -0.396. The second-order valence-electron chi connectivity index (χ2n) is 23.4. The minimum absolute atomic E-state index is 0.0830. The first kappa shape index (κ1) is 50.7. The Morgan fingerprint density at radius 3 is 1.98 bits per heavy atom. The number of Topliss-reactive ketones (excluding diaryl/α,β-unsaturated/α-hetero) is 1. The number of aliphatic hydroxyl groups excluding tert-OH is 9. The minimum Gasteiger partial charge on any atom is -0.479 e. The molecule has 0 aromatic rings. The van der Waals surface area contributed by atoms with Crippen LogP contribution in [0.15, 0.2) is 11.6 Å². The summed E-state index contributed by atoms with van der Waals surface area (Å²) >= 11 is 0. The molecule has 8 aliphatic rings. The van der Waals surface area contributed by atoms with Crippen LogP contribution < -0.4 is 0 Å². The molecule has 3 saturated heterocycles. The van der Waals surface area contributed by atoms with E-state index in [1.807, 2.05) is 6.92 Å². The van der Waals surface area contributed by atoms with E-state index in [9.17, 15) is 60.7 Å². The molecule has 0 amide bonds. The summed E-state index contributed by atoms with van der Waals surface area (Å²) in [6.07, 6.45) is -17.8. The lowest BCUT2D eigenvalue weighted by atomic mass is 9.33. The molecule has 376 valence electrons. The van der Waals surface area contributed by atoms with Crippen molar-refractivity contribution < 1.29 is 89.1 Å². The third-order valence-corrected chi connectivity index (χ3v) is 19.2. The van der Waals surface area contributed by atoms with E-state index in [0.717, 1.165) is 38.5 Å². The quantitative estimate of drug-likeness (QED) is 0.114. The molecule has 8 rings (SSSR count). The molecular formula is C48H76O18. The number of aliphatic carboxylic acids is 1. The van der Waals surface area contributed by atoms with Gasteiger partial charge < -0.3 is 79.5 Å². The number of hydrogen-bond acceptors (Lipinski definition) is 17. The average Bonchev–Trinajstić information content (AvgIpc) is 3.25. The summed E-state index contributed by atoms with van der Waals surface area (Å²) < 4.78 is 36.2. The molecule has 3 heterocycles. The molecule has 0 spiro atoms. The highest BCUT2D eigenvalue weighted by Gasteiger charge is 2.70. The second kappa shape index (κ2) is 17.5. The molecule has 10 N–H and O–H groups in total. The zero-order chi connectivity index (χ0) is 48.4. The highest BCUT2D eigenvalue weighted by molar-refractivity contribution is 5.87. The van der Waals surface area contributed by atoms with Crippen molar-refractivity contribution in [3.63, 3.8) is 0 Å². The van der Waals surface area contributed by atoms with Crippen molar-refractivity contribution in [1.29, 1.82) is 0 Å². The largest absolute Gasteiger partial charge is 0.479 e. The van der Waals surface area contributed by atoms with E-state index in [1.165, 1.54) is 12.5 Å². The van der Waals surface area contributed by atoms with Gasteiger partial charge in [0.1, 0.15) is 66.8 Å². The molecular weight excluding hydrogens is 865 g/mol. The Balaban J connectivity index is 1.08. The summed E-state index contributed by atoms with van der Waals surface area (Å²) in [7, 11) is 0. The smallest absolute Gasteiger partial charge is 0.335 e. The van der Waals surface area contributed by atoms with Crippen LogP contribution in [0, 0.1) is 50.2 Å². The zero-order valence-corrected chi connectivity index (χ0v) is 39.6. The van der Waals surface area contributed by atoms with Crippen molar-refractivity contribution in [1.82, 2.24) is 0 Å². The van der Waals surface area contributed by atoms with Crippen LogP contribution in [0.25, 0.3) is 0 Å². The number of aliphatic hydroxyl groups is 9. The number of carboxylic acids is 1. The monoisotopic (exact) mass is 941 g/mol. The van der Waals surface area contributed by atoms with Crippen molar-refractivity contribution in [2.75, 3.05) is 13.2 Å². The Labute approximate surface area is 386 Å².